The van der Waals surface area contributed by atoms with E-state index in [1.807, 2.05) is 6.07 Å². The van der Waals surface area contributed by atoms with E-state index in [1.165, 1.54) is 9.80 Å². The molecule has 0 spiro atoms. The number of rotatable bonds is 5. The second-order valence-corrected chi connectivity index (χ2v) is 9.54. The first-order chi connectivity index (χ1) is 13.7. The lowest BCUT2D eigenvalue weighted by molar-refractivity contribution is -0.135. The molecular formula is C19H25N3O6S. The van der Waals surface area contributed by atoms with Gasteiger partial charge in [-0.05, 0) is 26.0 Å². The van der Waals surface area contributed by atoms with Crippen LogP contribution in [0.25, 0.3) is 0 Å². The van der Waals surface area contributed by atoms with E-state index < -0.39 is 22.0 Å². The van der Waals surface area contributed by atoms with Crippen molar-refractivity contribution in [2.24, 2.45) is 0 Å². The van der Waals surface area contributed by atoms with Gasteiger partial charge in [-0.1, -0.05) is 12.1 Å². The topological polar surface area (TPSA) is 113 Å². The van der Waals surface area contributed by atoms with Crippen LogP contribution in [-0.2, 0) is 24.2 Å². The lowest BCUT2D eigenvalue weighted by atomic mass is 10.1. The third kappa shape index (κ3) is 4.87. The van der Waals surface area contributed by atoms with Gasteiger partial charge in [-0.3, -0.25) is 14.4 Å². The van der Waals surface area contributed by atoms with Crippen molar-refractivity contribution in [2.75, 3.05) is 36.0 Å². The van der Waals surface area contributed by atoms with Crippen LogP contribution in [-0.4, -0.2) is 74.3 Å². The molecule has 3 rings (SSSR count). The average molecular weight is 423 g/mol. The molecule has 1 N–H and O–H groups in total. The number of carbonyl (C=O) groups is 3. The number of amides is 3. The third-order valence-corrected chi connectivity index (χ3v) is 6.65. The summed E-state index contributed by atoms with van der Waals surface area (Å²) in [6.45, 7) is 3.67. The molecule has 0 saturated carbocycles. The third-order valence-electron chi connectivity index (χ3n) is 5.04. The summed E-state index contributed by atoms with van der Waals surface area (Å²) in [4.78, 5) is 40.2. The molecule has 1 fully saturated rings. The highest BCUT2D eigenvalue weighted by Gasteiger charge is 2.32. The van der Waals surface area contributed by atoms with Gasteiger partial charge in [-0.15, -0.1) is 0 Å². The Morgan fingerprint density at radius 1 is 1.24 bits per heavy atom. The van der Waals surface area contributed by atoms with Gasteiger partial charge in [0.1, 0.15) is 11.8 Å². The summed E-state index contributed by atoms with van der Waals surface area (Å²) >= 11 is 0. The largest absolute Gasteiger partial charge is 0.479 e. The van der Waals surface area contributed by atoms with Crippen LogP contribution in [0.4, 0.5) is 5.69 Å². The Kier molecular flexibility index (Phi) is 6.11. The highest BCUT2D eigenvalue weighted by Crippen LogP contribution is 2.33. The summed E-state index contributed by atoms with van der Waals surface area (Å²) in [5, 5.41) is 2.64. The molecule has 29 heavy (non-hydrogen) atoms. The van der Waals surface area contributed by atoms with Crippen LogP contribution < -0.4 is 15.0 Å². The molecule has 2 atom stereocenters. The van der Waals surface area contributed by atoms with Crippen molar-refractivity contribution in [3.05, 3.63) is 24.3 Å². The number of hydrogen-bond donors (Lipinski definition) is 1. The lowest BCUT2D eigenvalue weighted by Crippen LogP contribution is -2.52. The summed E-state index contributed by atoms with van der Waals surface area (Å²) < 4.78 is 28.6. The van der Waals surface area contributed by atoms with Crippen molar-refractivity contribution in [1.82, 2.24) is 10.2 Å². The van der Waals surface area contributed by atoms with Crippen LogP contribution in [0.2, 0.25) is 0 Å². The first-order valence-corrected chi connectivity index (χ1v) is 11.4. The van der Waals surface area contributed by atoms with Crippen molar-refractivity contribution < 1.29 is 27.5 Å². The molecule has 1 saturated heterocycles. The number of carbonyl (C=O) groups excluding carboxylic acids is 3. The number of benzene rings is 1. The van der Waals surface area contributed by atoms with E-state index in [9.17, 15) is 22.8 Å². The van der Waals surface area contributed by atoms with E-state index in [4.69, 9.17) is 4.74 Å². The number of fused-ring (bicyclic) bond motifs is 1. The normalized spacial score (nSPS) is 21.7. The maximum atomic E-state index is 12.4. The molecule has 3 amide bonds. The van der Waals surface area contributed by atoms with E-state index in [1.54, 1.807) is 32.0 Å². The summed E-state index contributed by atoms with van der Waals surface area (Å²) in [6, 6.07) is 6.36. The van der Waals surface area contributed by atoms with Crippen molar-refractivity contribution in [3.63, 3.8) is 0 Å². The molecule has 0 radical (unpaired) electrons. The molecule has 1 aromatic rings. The zero-order chi connectivity index (χ0) is 21.2. The average Bonchev–Trinajstić information content (AvgIpc) is 2.67. The van der Waals surface area contributed by atoms with E-state index in [0.717, 1.165) is 0 Å². The Hall–Kier alpha value is -2.62. The molecule has 10 heteroatoms. The van der Waals surface area contributed by atoms with Gasteiger partial charge in [0.15, 0.2) is 15.9 Å². The Labute approximate surface area is 169 Å². The van der Waals surface area contributed by atoms with Crippen LogP contribution in [0, 0.1) is 0 Å². The van der Waals surface area contributed by atoms with Gasteiger partial charge >= 0.3 is 0 Å². The highest BCUT2D eigenvalue weighted by atomic mass is 32.2. The first kappa shape index (κ1) is 21.1. The quantitative estimate of drug-likeness (QED) is 0.711. The summed E-state index contributed by atoms with van der Waals surface area (Å²) in [5.74, 6) is -0.430. The van der Waals surface area contributed by atoms with Gasteiger partial charge in [-0.2, -0.15) is 0 Å². The number of sulfone groups is 1. The standard InChI is InChI=1S/C19H25N3O6S/c1-13(18(24)21-9-11-29(26,27)12-10-21)20-17(23)7-8-22-15-5-3-4-6-16(15)28-14(2)19(22)25/h3-6,13-14H,7-12H2,1-2H3,(H,20,23). The molecule has 2 heterocycles. The fraction of sp³-hybridized carbons (Fsp3) is 0.526. The van der Waals surface area contributed by atoms with Crippen LogP contribution >= 0.6 is 0 Å². The lowest BCUT2D eigenvalue weighted by Gasteiger charge is -2.33. The second-order valence-electron chi connectivity index (χ2n) is 7.23. The molecule has 158 valence electrons. The summed E-state index contributed by atoms with van der Waals surface area (Å²) in [7, 11) is -3.08. The van der Waals surface area contributed by atoms with Crippen molar-refractivity contribution in [1.29, 1.82) is 0 Å². The van der Waals surface area contributed by atoms with Crippen molar-refractivity contribution >= 4 is 33.2 Å². The number of para-hydroxylation sites is 2. The van der Waals surface area contributed by atoms with Crippen LogP contribution in [0.5, 0.6) is 5.75 Å². The fourth-order valence-electron chi connectivity index (χ4n) is 3.38. The molecule has 0 aliphatic carbocycles. The van der Waals surface area contributed by atoms with Gasteiger partial charge in [-0.25, -0.2) is 8.42 Å². The fourth-order valence-corrected chi connectivity index (χ4v) is 4.59. The maximum Gasteiger partial charge on any atom is 0.267 e. The molecular weight excluding hydrogens is 398 g/mol. The molecule has 0 aromatic heterocycles. The predicted octanol–water partition coefficient (Wildman–Crippen LogP) is -0.0477. The summed E-state index contributed by atoms with van der Waals surface area (Å²) in [6.07, 6.45) is -0.609. The predicted molar refractivity (Wildman–Crippen MR) is 106 cm³/mol. The first-order valence-electron chi connectivity index (χ1n) is 9.53. The Morgan fingerprint density at radius 3 is 2.59 bits per heavy atom. The zero-order valence-electron chi connectivity index (χ0n) is 16.5. The molecule has 2 aliphatic rings. The molecule has 1 aromatic carbocycles. The van der Waals surface area contributed by atoms with Gasteiger partial charge in [0, 0.05) is 26.1 Å². The van der Waals surface area contributed by atoms with Crippen LogP contribution in [0.3, 0.4) is 0 Å². The Bertz CT molecular complexity index is 902. The van der Waals surface area contributed by atoms with E-state index in [2.05, 4.69) is 5.32 Å². The molecule has 0 bridgehead atoms. The van der Waals surface area contributed by atoms with Gasteiger partial charge in [0.25, 0.3) is 5.91 Å². The highest BCUT2D eigenvalue weighted by molar-refractivity contribution is 7.91. The smallest absolute Gasteiger partial charge is 0.267 e. The Balaban J connectivity index is 1.54. The molecule has 2 unspecified atom stereocenters. The number of nitrogens with one attached hydrogen (secondary N) is 1. The number of ether oxygens (including phenoxy) is 1. The van der Waals surface area contributed by atoms with Crippen molar-refractivity contribution in [2.45, 2.75) is 32.4 Å². The van der Waals surface area contributed by atoms with E-state index in [0.29, 0.717) is 11.4 Å². The minimum absolute atomic E-state index is 0.0266. The monoisotopic (exact) mass is 423 g/mol. The SMILES string of the molecule is CC(NC(=O)CCN1C(=O)C(C)Oc2ccccc21)C(=O)N1CCS(=O)(=O)CC1. The molecule has 9 nitrogen and oxygen atoms in total. The van der Waals surface area contributed by atoms with Gasteiger partial charge < -0.3 is 19.9 Å². The van der Waals surface area contributed by atoms with Crippen LogP contribution in [0.15, 0.2) is 24.3 Å². The zero-order valence-corrected chi connectivity index (χ0v) is 17.3. The van der Waals surface area contributed by atoms with E-state index in [-0.39, 0.29) is 55.3 Å². The van der Waals surface area contributed by atoms with Crippen molar-refractivity contribution in [3.8, 4) is 5.75 Å². The van der Waals surface area contributed by atoms with Gasteiger partial charge in [0.2, 0.25) is 11.8 Å². The van der Waals surface area contributed by atoms with Crippen LogP contribution in [0.1, 0.15) is 20.3 Å². The number of nitrogens with zero attached hydrogens (tertiary/aromatic N) is 2. The Morgan fingerprint density at radius 2 is 1.90 bits per heavy atom. The van der Waals surface area contributed by atoms with E-state index >= 15 is 0 Å². The summed E-state index contributed by atoms with van der Waals surface area (Å²) in [5.41, 5.74) is 0.613. The second kappa shape index (κ2) is 8.40. The number of hydrogen-bond acceptors (Lipinski definition) is 6. The number of anilines is 1. The maximum absolute atomic E-state index is 12.4. The minimum Gasteiger partial charge on any atom is -0.479 e. The molecule has 2 aliphatic heterocycles. The van der Waals surface area contributed by atoms with Gasteiger partial charge in [0.05, 0.1) is 17.2 Å². The minimum atomic E-state index is -3.08.